The Hall–Kier alpha value is -10.3. The molecule has 2 aliphatic heterocycles. The minimum absolute atomic E-state index is 0.0293. The molecule has 2 aromatic heterocycles. The fraction of sp³-hybridized carbons (Fsp3) is 0.141. The summed E-state index contributed by atoms with van der Waals surface area (Å²) in [6.45, 7) is 18.8. The van der Waals surface area contributed by atoms with E-state index in [2.05, 4.69) is 156 Å². The molecule has 0 radical (unpaired) electrons. The maximum absolute atomic E-state index is 11.6. The first-order chi connectivity index (χ1) is 49.8. The zero-order valence-corrected chi connectivity index (χ0v) is 53.2. The molecule has 0 unspecified atom stereocenters. The fourth-order valence-corrected chi connectivity index (χ4v) is 14.1. The molecule has 16 rings (SSSR count). The largest absolute Gasteiger partial charge is 0.311 e. The second-order valence-corrected chi connectivity index (χ2v) is 27.7. The van der Waals surface area contributed by atoms with Gasteiger partial charge in [0.1, 0.15) is 6.07 Å². The van der Waals surface area contributed by atoms with E-state index in [1.807, 2.05) is 97.1 Å². The predicted octanol–water partition coefficient (Wildman–Crippen LogP) is 21.4. The lowest BCUT2D eigenvalue weighted by Crippen LogP contribution is -2.61. The Kier molecular flexibility index (Phi) is 10.2. The van der Waals surface area contributed by atoms with E-state index in [0.29, 0.717) is 61.4 Å². The van der Waals surface area contributed by atoms with Crippen molar-refractivity contribution in [2.75, 3.05) is 9.80 Å². The first-order valence-corrected chi connectivity index (χ1v) is 31.4. The summed E-state index contributed by atoms with van der Waals surface area (Å²) in [5.74, 6) is 0. The van der Waals surface area contributed by atoms with Crippen LogP contribution in [0.25, 0.3) is 88.4 Å². The van der Waals surface area contributed by atoms with Crippen molar-refractivity contribution in [2.45, 2.75) is 78.6 Å². The van der Waals surface area contributed by atoms with Crippen LogP contribution in [-0.4, -0.2) is 15.8 Å². The average molecular weight is 1220 g/mol. The Morgan fingerprint density at radius 3 is 1.46 bits per heavy atom. The minimum atomic E-state index is -0.725. The quantitative estimate of drug-likeness (QED) is 0.149. The molecule has 12 aromatic carbocycles. The molecule has 92 heavy (non-hydrogen) atoms. The molecule has 7 heteroatoms. The van der Waals surface area contributed by atoms with Gasteiger partial charge in [0, 0.05) is 66.1 Å². The lowest BCUT2D eigenvalue weighted by atomic mass is 9.33. The predicted molar refractivity (Wildman–Crippen MR) is 391 cm³/mol. The van der Waals surface area contributed by atoms with Gasteiger partial charge in [0.05, 0.1) is 62.5 Å². The summed E-state index contributed by atoms with van der Waals surface area (Å²) in [5, 5.41) is 13.7. The summed E-state index contributed by atoms with van der Waals surface area (Å²) >= 11 is 7.39. The Bertz CT molecular complexity index is 5960. The molecule has 0 aliphatic carbocycles. The van der Waals surface area contributed by atoms with Crippen LogP contribution in [0.5, 0.6) is 0 Å². The number of halogens is 1. The summed E-state index contributed by atoms with van der Waals surface area (Å²) in [7, 11) is 0. The Labute approximate surface area is 563 Å². The maximum atomic E-state index is 11.6. The summed E-state index contributed by atoms with van der Waals surface area (Å²) in [6.07, 6.45) is 0. The van der Waals surface area contributed by atoms with E-state index in [1.54, 1.807) is 6.07 Å². The van der Waals surface area contributed by atoms with Crippen molar-refractivity contribution in [3.8, 4) is 50.8 Å². The van der Waals surface area contributed by atoms with Crippen molar-refractivity contribution in [1.82, 2.24) is 9.13 Å². The van der Waals surface area contributed by atoms with Gasteiger partial charge < -0.3 is 18.9 Å². The molecule has 0 atom stereocenters. The molecule has 14 aromatic rings. The number of nitriles is 1. The van der Waals surface area contributed by atoms with Crippen molar-refractivity contribution in [2.24, 2.45) is 0 Å². The van der Waals surface area contributed by atoms with Crippen molar-refractivity contribution in [1.29, 1.82) is 5.26 Å². The summed E-state index contributed by atoms with van der Waals surface area (Å²) in [5.41, 5.74) is 14.1. The molecule has 4 heterocycles. The summed E-state index contributed by atoms with van der Waals surface area (Å²) in [4.78, 5) is 4.26. The number of hydrogen-bond donors (Lipinski definition) is 0. The van der Waals surface area contributed by atoms with Gasteiger partial charge in [0.2, 0.25) is 0 Å². The van der Waals surface area contributed by atoms with Crippen LogP contribution in [0.2, 0.25) is 5.02 Å². The van der Waals surface area contributed by atoms with Crippen molar-refractivity contribution < 1.29 is 17.8 Å². The number of rotatable bonds is 7. The minimum Gasteiger partial charge on any atom is -0.311 e. The van der Waals surface area contributed by atoms with Gasteiger partial charge in [0.15, 0.2) is 0 Å². The third kappa shape index (κ3) is 9.11. The number of hydrogen-bond acceptors (Lipinski definition) is 3. The molecule has 0 saturated heterocycles. The highest BCUT2D eigenvalue weighted by atomic mass is 35.5. The molecule has 444 valence electrons. The standard InChI is InChI=1S/C85H69BClN5/c1-83(2,3)58-35-39-66-67-40-36-59(84(4,5)6)47-76(67)91(75(66)46-58)74-49-62(38-33-57(74)52-88)89-78-48-61(87)37-42-71(78)86-70-41-34-56(53-23-13-10-14-24-53)43-77(70)92(80-51-63(50-79(89)81(80)86)90-72-31-21-19-29-64(72)65-30-20-22-32-73(65)90)82-68(54-25-15-11-16-26-54)44-60(85(7,8)9)45-69(82)55-27-17-12-18-28-55/h10-51H,1-9H3/i10D,13D,14D,19D,20D,21D,22D,23D,24D,29D,30D,31D,32D. The van der Waals surface area contributed by atoms with Gasteiger partial charge in [-0.2, -0.15) is 5.26 Å². The third-order valence-electron chi connectivity index (χ3n) is 18.6. The molecular formula is C85H69BClN5. The molecule has 0 amide bonds. The van der Waals surface area contributed by atoms with Crippen LogP contribution in [-0.2, 0) is 16.2 Å². The normalized spacial score (nSPS) is 15.0. The number of anilines is 6. The number of benzene rings is 12. The van der Waals surface area contributed by atoms with E-state index in [9.17, 15) is 16.2 Å². The molecule has 0 fully saturated rings. The van der Waals surface area contributed by atoms with Crippen molar-refractivity contribution in [3.05, 3.63) is 282 Å². The number of aromatic nitrogens is 2. The monoisotopic (exact) mass is 1220 g/mol. The first kappa shape index (κ1) is 44.2. The highest BCUT2D eigenvalue weighted by molar-refractivity contribution is 7.00. The highest BCUT2D eigenvalue weighted by Gasteiger charge is 2.45. The zero-order chi connectivity index (χ0) is 74.4. The Morgan fingerprint density at radius 2 is 0.902 bits per heavy atom. The molecule has 0 saturated carbocycles. The third-order valence-corrected chi connectivity index (χ3v) is 18.8. The van der Waals surface area contributed by atoms with Crippen LogP contribution in [0.1, 0.15) is 102 Å². The highest BCUT2D eigenvalue weighted by Crippen LogP contribution is 2.53. The smallest absolute Gasteiger partial charge is 0.252 e. The maximum Gasteiger partial charge on any atom is 0.252 e. The molecule has 0 N–H and O–H groups in total. The van der Waals surface area contributed by atoms with Crippen LogP contribution < -0.4 is 26.2 Å². The first-order valence-electron chi connectivity index (χ1n) is 37.5. The van der Waals surface area contributed by atoms with E-state index in [-0.39, 0.29) is 43.9 Å². The second kappa shape index (κ2) is 21.1. The van der Waals surface area contributed by atoms with E-state index < -0.39 is 90.7 Å². The van der Waals surface area contributed by atoms with Gasteiger partial charge in [-0.25, -0.2) is 0 Å². The average Bonchev–Trinajstić information content (AvgIpc) is 1.58. The number of fused-ring (bicyclic) bond motifs is 10. The van der Waals surface area contributed by atoms with Gasteiger partial charge in [-0.05, 0) is 156 Å². The summed E-state index contributed by atoms with van der Waals surface area (Å²) in [6, 6.07) is 54.3. The molecule has 2 aliphatic rings. The second-order valence-electron chi connectivity index (χ2n) is 27.3. The van der Waals surface area contributed by atoms with E-state index in [4.69, 9.17) is 18.5 Å². The SMILES string of the molecule is [2H]c1c([2H])c([2H])c(-c2ccc3c(c2)N(c2c(-c4ccccc4)cc(C(C)(C)C)cc2-c2ccccc2)c2cc(-n4c5c([2H])c([2H])c([2H])c([2H])c5c5c([2H])c([2H])c([2H])c([2H])c54)cc4c2B3c2ccc(Cl)cc2N4c2ccc(C#N)c(-n3c4cc(C(C)(C)C)ccc4c4ccc(C(C)(C)C)cc43)c2)c([2H])c1[2H]. The van der Waals surface area contributed by atoms with Crippen molar-refractivity contribution in [3.63, 3.8) is 0 Å². The van der Waals surface area contributed by atoms with Crippen molar-refractivity contribution >= 4 is 112 Å². The van der Waals surface area contributed by atoms with E-state index in [1.165, 1.54) is 4.57 Å². The Morgan fingerprint density at radius 1 is 0.391 bits per heavy atom. The Balaban J connectivity index is 1.13. The molecule has 0 spiro atoms. The van der Waals surface area contributed by atoms with Gasteiger partial charge in [-0.15, -0.1) is 0 Å². The lowest BCUT2D eigenvalue weighted by molar-refractivity contribution is 0.590. The summed E-state index contributed by atoms with van der Waals surface area (Å²) < 4.78 is 126. The molecule has 5 nitrogen and oxygen atoms in total. The number of para-hydroxylation sites is 2. The van der Waals surface area contributed by atoms with Crippen LogP contribution in [0.3, 0.4) is 0 Å². The van der Waals surface area contributed by atoms with E-state index >= 15 is 0 Å². The van der Waals surface area contributed by atoms with Crippen LogP contribution in [0.15, 0.2) is 254 Å². The lowest BCUT2D eigenvalue weighted by Gasteiger charge is -2.45. The van der Waals surface area contributed by atoms with Crippen LogP contribution in [0, 0.1) is 11.3 Å². The topological polar surface area (TPSA) is 40.1 Å². The molecule has 0 bridgehead atoms. The zero-order valence-electron chi connectivity index (χ0n) is 65.4. The van der Waals surface area contributed by atoms with E-state index in [0.717, 1.165) is 71.7 Å². The van der Waals surface area contributed by atoms with Gasteiger partial charge in [0.25, 0.3) is 6.71 Å². The van der Waals surface area contributed by atoms with Gasteiger partial charge >= 0.3 is 0 Å². The van der Waals surface area contributed by atoms with Gasteiger partial charge in [-0.3, -0.25) is 0 Å². The van der Waals surface area contributed by atoms with Crippen LogP contribution in [0.4, 0.5) is 34.1 Å². The van der Waals surface area contributed by atoms with Gasteiger partial charge in [-0.1, -0.05) is 244 Å². The number of nitrogens with zero attached hydrogens (tertiary/aromatic N) is 5. The van der Waals surface area contributed by atoms with Crippen LogP contribution >= 0.6 is 11.6 Å². The molecular weight excluding hydrogens is 1140 g/mol. The fourth-order valence-electron chi connectivity index (χ4n) is 14.0.